The standard InChI is InChI=1S/C75H146O17P2/c1-7-11-13-15-17-19-21-23-25-26-28-30-32-41-47-53-59-74(79)91-70(63-85-72(77)57-51-45-39-31-29-27-24-22-20-18-16-14-12-8-2)65-89-93(81,82)87-61-69(76)62-88-94(83,84)90-66-71(92-75(80)60-54-48-42-36-34-38-44-50-56-68(6)10-4)64-86-73(78)58-52-46-40-35-33-37-43-49-55-67(5)9-3/h67-71,76H,7-66H2,1-6H3,(H,81,82)(H,83,84)/t67?,68?,69-,70-,71-/m1/s1. The van der Waals surface area contributed by atoms with Gasteiger partial charge in [-0.3, -0.25) is 37.3 Å². The first-order chi connectivity index (χ1) is 45.4. The number of carbonyl (C=O) groups is 4. The van der Waals surface area contributed by atoms with Crippen LogP contribution in [-0.4, -0.2) is 96.7 Å². The molecule has 0 bridgehead atoms. The SMILES string of the molecule is CCCCCCCCCCCCCCCCCCC(=O)O[C@H](COC(=O)CCCCCCCCCCCCCCCC)COP(=O)(O)OC[C@@H](O)COP(=O)(O)OC[C@@H](COC(=O)CCCCCCCCCCC(C)CC)OC(=O)CCCCCCCCCCC(C)CC. The molecule has 3 N–H and O–H groups in total. The summed E-state index contributed by atoms with van der Waals surface area (Å²) in [5.41, 5.74) is 0. The van der Waals surface area contributed by atoms with Crippen LogP contribution in [0.15, 0.2) is 0 Å². The van der Waals surface area contributed by atoms with E-state index in [2.05, 4.69) is 41.5 Å². The summed E-state index contributed by atoms with van der Waals surface area (Å²) >= 11 is 0. The fourth-order valence-electron chi connectivity index (χ4n) is 11.4. The van der Waals surface area contributed by atoms with Gasteiger partial charge in [0.1, 0.15) is 19.3 Å². The Kier molecular flexibility index (Phi) is 65.5. The van der Waals surface area contributed by atoms with Crippen molar-refractivity contribution in [3.05, 3.63) is 0 Å². The predicted octanol–water partition coefficient (Wildman–Crippen LogP) is 21.9. The summed E-state index contributed by atoms with van der Waals surface area (Å²) < 4.78 is 68.5. The van der Waals surface area contributed by atoms with E-state index in [1.54, 1.807) is 0 Å². The predicted molar refractivity (Wildman–Crippen MR) is 381 cm³/mol. The normalized spacial score (nSPS) is 14.6. The first-order valence-electron chi connectivity index (χ1n) is 39.1. The van der Waals surface area contributed by atoms with E-state index in [4.69, 9.17) is 37.0 Å². The van der Waals surface area contributed by atoms with Gasteiger partial charge in [-0.15, -0.1) is 0 Å². The molecule has 4 unspecified atom stereocenters. The molecule has 0 fully saturated rings. The second-order valence-corrected chi connectivity index (χ2v) is 30.4. The van der Waals surface area contributed by atoms with Crippen molar-refractivity contribution in [3.8, 4) is 0 Å². The van der Waals surface area contributed by atoms with E-state index in [9.17, 15) is 43.2 Å². The monoisotopic (exact) mass is 1380 g/mol. The summed E-state index contributed by atoms with van der Waals surface area (Å²) in [4.78, 5) is 72.8. The number of phosphoric ester groups is 2. The van der Waals surface area contributed by atoms with E-state index in [1.807, 2.05) is 0 Å². The largest absolute Gasteiger partial charge is 0.472 e. The van der Waals surface area contributed by atoms with Crippen LogP contribution in [0.2, 0.25) is 0 Å². The lowest BCUT2D eigenvalue weighted by Crippen LogP contribution is -2.30. The number of unbranched alkanes of at least 4 members (excludes halogenated alkanes) is 42. The molecule has 558 valence electrons. The molecule has 17 nitrogen and oxygen atoms in total. The maximum absolute atomic E-state index is 13.1. The number of esters is 4. The summed E-state index contributed by atoms with van der Waals surface area (Å²) in [6.07, 6.45) is 53.9. The highest BCUT2D eigenvalue weighted by Gasteiger charge is 2.30. The van der Waals surface area contributed by atoms with Gasteiger partial charge in [0.15, 0.2) is 12.2 Å². The molecule has 0 rings (SSSR count). The number of aliphatic hydroxyl groups is 1. The van der Waals surface area contributed by atoms with Gasteiger partial charge < -0.3 is 33.8 Å². The molecule has 0 spiro atoms. The molecule has 0 aliphatic heterocycles. The Bertz CT molecular complexity index is 1820. The second-order valence-electron chi connectivity index (χ2n) is 27.5. The zero-order chi connectivity index (χ0) is 69.3. The van der Waals surface area contributed by atoms with E-state index in [0.717, 1.165) is 102 Å². The molecule has 0 saturated heterocycles. The molecule has 0 aliphatic rings. The van der Waals surface area contributed by atoms with Crippen molar-refractivity contribution in [1.29, 1.82) is 0 Å². The number of hydrogen-bond donors (Lipinski definition) is 3. The molecule has 7 atom stereocenters. The molecule has 0 aromatic heterocycles. The molecule has 0 aromatic rings. The highest BCUT2D eigenvalue weighted by atomic mass is 31.2. The zero-order valence-corrected chi connectivity index (χ0v) is 63.1. The highest BCUT2D eigenvalue weighted by molar-refractivity contribution is 7.47. The number of aliphatic hydroxyl groups excluding tert-OH is 1. The van der Waals surface area contributed by atoms with Crippen LogP contribution in [0.4, 0.5) is 0 Å². The Balaban J connectivity index is 5.27. The van der Waals surface area contributed by atoms with Crippen molar-refractivity contribution >= 4 is 39.5 Å². The number of hydrogen-bond acceptors (Lipinski definition) is 15. The minimum atomic E-state index is -4.96. The van der Waals surface area contributed by atoms with Crippen LogP contribution < -0.4 is 0 Å². The van der Waals surface area contributed by atoms with E-state index >= 15 is 0 Å². The summed E-state index contributed by atoms with van der Waals surface area (Å²) in [5.74, 6) is -0.569. The Hall–Kier alpha value is -1.94. The van der Waals surface area contributed by atoms with Crippen LogP contribution >= 0.6 is 15.6 Å². The fraction of sp³-hybridized carbons (Fsp3) is 0.947. The van der Waals surface area contributed by atoms with Crippen LogP contribution in [0.5, 0.6) is 0 Å². The topological polar surface area (TPSA) is 237 Å². The van der Waals surface area contributed by atoms with Crippen LogP contribution in [0.3, 0.4) is 0 Å². The minimum absolute atomic E-state index is 0.105. The van der Waals surface area contributed by atoms with Crippen LogP contribution in [0.25, 0.3) is 0 Å². The van der Waals surface area contributed by atoms with Crippen molar-refractivity contribution in [2.45, 2.75) is 407 Å². The molecule has 19 heteroatoms. The first kappa shape index (κ1) is 92.1. The zero-order valence-electron chi connectivity index (χ0n) is 61.3. The van der Waals surface area contributed by atoms with E-state index in [-0.39, 0.29) is 25.7 Å². The van der Waals surface area contributed by atoms with Crippen molar-refractivity contribution in [2.24, 2.45) is 11.8 Å². The summed E-state index contributed by atoms with van der Waals surface area (Å²) in [6, 6.07) is 0. The van der Waals surface area contributed by atoms with E-state index in [0.29, 0.717) is 25.7 Å². The van der Waals surface area contributed by atoms with Gasteiger partial charge in [0, 0.05) is 25.7 Å². The first-order valence-corrected chi connectivity index (χ1v) is 42.1. The van der Waals surface area contributed by atoms with Crippen LogP contribution in [0.1, 0.15) is 388 Å². The van der Waals surface area contributed by atoms with Gasteiger partial charge in [0.05, 0.1) is 26.4 Å². The van der Waals surface area contributed by atoms with Crippen molar-refractivity contribution in [1.82, 2.24) is 0 Å². The molecule has 0 amide bonds. The van der Waals surface area contributed by atoms with Gasteiger partial charge in [-0.25, -0.2) is 9.13 Å². The van der Waals surface area contributed by atoms with Gasteiger partial charge in [-0.05, 0) is 37.5 Å². The number of carbonyl (C=O) groups excluding carboxylic acids is 4. The average molecular weight is 1380 g/mol. The molecule has 0 aliphatic carbocycles. The summed E-state index contributed by atoms with van der Waals surface area (Å²) in [7, 11) is -9.91. The Morgan fingerprint density at radius 3 is 0.755 bits per heavy atom. The number of rotatable bonds is 74. The van der Waals surface area contributed by atoms with Gasteiger partial charge in [-0.1, -0.05) is 337 Å². The molecule has 0 aromatic carbocycles. The lowest BCUT2D eigenvalue weighted by Gasteiger charge is -2.21. The average Bonchev–Trinajstić information content (AvgIpc) is 3.61. The lowest BCUT2D eigenvalue weighted by atomic mass is 9.99. The maximum Gasteiger partial charge on any atom is 0.472 e. The Morgan fingerprint density at radius 2 is 0.511 bits per heavy atom. The molecular weight excluding hydrogens is 1230 g/mol. The quantitative estimate of drug-likeness (QED) is 0.0222. The van der Waals surface area contributed by atoms with Gasteiger partial charge in [0.25, 0.3) is 0 Å². The molecule has 0 saturated carbocycles. The Labute approximate surface area is 575 Å². The van der Waals surface area contributed by atoms with Crippen molar-refractivity contribution in [2.75, 3.05) is 39.6 Å². The van der Waals surface area contributed by atoms with E-state index in [1.165, 1.54) is 205 Å². The number of phosphoric acid groups is 2. The van der Waals surface area contributed by atoms with Gasteiger partial charge >= 0.3 is 39.5 Å². The third-order valence-electron chi connectivity index (χ3n) is 18.2. The van der Waals surface area contributed by atoms with Crippen molar-refractivity contribution < 1.29 is 80.2 Å². The summed E-state index contributed by atoms with van der Waals surface area (Å²) in [5, 5.41) is 10.6. The maximum atomic E-state index is 13.1. The van der Waals surface area contributed by atoms with E-state index < -0.39 is 97.5 Å². The minimum Gasteiger partial charge on any atom is -0.462 e. The number of ether oxygens (including phenoxy) is 4. The molecular formula is C75H146O17P2. The smallest absolute Gasteiger partial charge is 0.462 e. The lowest BCUT2D eigenvalue weighted by molar-refractivity contribution is -0.161. The van der Waals surface area contributed by atoms with Crippen LogP contribution in [-0.2, 0) is 65.4 Å². The molecule has 94 heavy (non-hydrogen) atoms. The molecule has 0 radical (unpaired) electrons. The van der Waals surface area contributed by atoms with Gasteiger partial charge in [0.2, 0.25) is 0 Å². The van der Waals surface area contributed by atoms with Gasteiger partial charge in [-0.2, -0.15) is 0 Å². The fourth-order valence-corrected chi connectivity index (χ4v) is 13.0. The third kappa shape index (κ3) is 66.0. The summed E-state index contributed by atoms with van der Waals surface area (Å²) in [6.45, 7) is 9.60. The molecule has 0 heterocycles. The third-order valence-corrected chi connectivity index (χ3v) is 20.1. The Morgan fingerprint density at radius 1 is 0.298 bits per heavy atom. The second kappa shape index (κ2) is 66.9. The van der Waals surface area contributed by atoms with Crippen LogP contribution in [0, 0.1) is 11.8 Å². The van der Waals surface area contributed by atoms with Crippen molar-refractivity contribution in [3.63, 3.8) is 0 Å². The highest BCUT2D eigenvalue weighted by Crippen LogP contribution is 2.45.